The van der Waals surface area contributed by atoms with Crippen LogP contribution in [0.5, 0.6) is 0 Å². The van der Waals surface area contributed by atoms with Crippen LogP contribution >= 0.6 is 0 Å². The highest BCUT2D eigenvalue weighted by molar-refractivity contribution is 6.04. The molecule has 0 atom stereocenters. The highest BCUT2D eigenvalue weighted by Gasteiger charge is 2.29. The van der Waals surface area contributed by atoms with Crippen LogP contribution in [0.4, 0.5) is 17.6 Å². The molecule has 1 heterocycles. The van der Waals surface area contributed by atoms with Crippen molar-refractivity contribution in [3.05, 3.63) is 60.0 Å². The van der Waals surface area contributed by atoms with E-state index in [0.717, 1.165) is 10.8 Å². The second-order valence-corrected chi connectivity index (χ2v) is 5.33. The quantitative estimate of drug-likeness (QED) is 0.704. The van der Waals surface area contributed by atoms with E-state index in [9.17, 15) is 27.5 Å². The third-order valence-corrected chi connectivity index (χ3v) is 3.64. The maximum absolute atomic E-state index is 13.0. The van der Waals surface area contributed by atoms with Gasteiger partial charge in [0.1, 0.15) is 12.4 Å². The lowest BCUT2D eigenvalue weighted by atomic mass is 10.0. The van der Waals surface area contributed by atoms with Crippen molar-refractivity contribution < 1.29 is 27.5 Å². The fourth-order valence-electron chi connectivity index (χ4n) is 2.61. The third-order valence-electron chi connectivity index (χ3n) is 3.64. The molecule has 0 radical (unpaired) electrons. The third kappa shape index (κ3) is 3.10. The summed E-state index contributed by atoms with van der Waals surface area (Å²) in [4.78, 5) is 11.2. The second kappa shape index (κ2) is 5.67. The average molecular weight is 337 g/mol. The maximum atomic E-state index is 13.0. The number of hydrogen-bond donors (Lipinski definition) is 1. The number of carboxylic acid groups (broad SMARTS) is 1. The van der Waals surface area contributed by atoms with Crippen LogP contribution in [0.3, 0.4) is 0 Å². The molecule has 1 aromatic heterocycles. The molecule has 124 valence electrons. The maximum Gasteiger partial charge on any atom is 0.406 e. The molecule has 0 bridgehead atoms. The number of aromatic nitrogens is 1. The molecule has 0 fully saturated rings. The van der Waals surface area contributed by atoms with E-state index < -0.39 is 24.5 Å². The van der Waals surface area contributed by atoms with Gasteiger partial charge in [0.15, 0.2) is 0 Å². The van der Waals surface area contributed by atoms with Crippen molar-refractivity contribution in [3.63, 3.8) is 0 Å². The molecule has 3 aromatic rings. The number of fused-ring (bicyclic) bond motifs is 1. The summed E-state index contributed by atoms with van der Waals surface area (Å²) in [5.74, 6) is -1.72. The summed E-state index contributed by atoms with van der Waals surface area (Å²) in [5, 5.41) is 9.40. The van der Waals surface area contributed by atoms with Gasteiger partial charge in [0, 0.05) is 17.1 Å². The molecule has 0 spiro atoms. The van der Waals surface area contributed by atoms with Gasteiger partial charge in [-0.15, -0.1) is 0 Å². The molecule has 0 saturated carbocycles. The zero-order valence-electron chi connectivity index (χ0n) is 12.1. The van der Waals surface area contributed by atoms with E-state index in [1.54, 1.807) is 6.07 Å². The number of hydrogen-bond acceptors (Lipinski definition) is 1. The Hall–Kier alpha value is -2.83. The molecule has 24 heavy (non-hydrogen) atoms. The van der Waals surface area contributed by atoms with Crippen molar-refractivity contribution in [2.24, 2.45) is 0 Å². The van der Waals surface area contributed by atoms with Crippen molar-refractivity contribution in [2.75, 3.05) is 0 Å². The summed E-state index contributed by atoms with van der Waals surface area (Å²) in [5.41, 5.74) is 1.15. The van der Waals surface area contributed by atoms with Crippen molar-refractivity contribution in [1.29, 1.82) is 0 Å². The van der Waals surface area contributed by atoms with Gasteiger partial charge in [-0.25, -0.2) is 9.18 Å². The van der Waals surface area contributed by atoms with Crippen LogP contribution in [-0.2, 0) is 6.54 Å². The largest absolute Gasteiger partial charge is 0.478 e. The minimum atomic E-state index is -4.48. The van der Waals surface area contributed by atoms with E-state index in [1.165, 1.54) is 36.4 Å². The van der Waals surface area contributed by atoms with Crippen LogP contribution in [0.1, 0.15) is 10.4 Å². The van der Waals surface area contributed by atoms with Crippen molar-refractivity contribution in [3.8, 4) is 11.1 Å². The zero-order chi connectivity index (χ0) is 17.5. The number of alkyl halides is 3. The first-order chi connectivity index (χ1) is 11.2. The summed E-state index contributed by atoms with van der Waals surface area (Å²) in [6, 6.07) is 10.0. The second-order valence-electron chi connectivity index (χ2n) is 5.33. The number of carboxylic acids is 1. The van der Waals surface area contributed by atoms with Crippen molar-refractivity contribution >= 4 is 16.9 Å². The number of nitrogens with zero attached hydrogens (tertiary/aromatic N) is 1. The van der Waals surface area contributed by atoms with Gasteiger partial charge in [-0.05, 0) is 29.3 Å². The first-order valence-corrected chi connectivity index (χ1v) is 6.93. The minimum Gasteiger partial charge on any atom is -0.478 e. The Balaban J connectivity index is 2.17. The van der Waals surface area contributed by atoms with E-state index in [1.807, 2.05) is 0 Å². The molecular weight excluding hydrogens is 326 g/mol. The van der Waals surface area contributed by atoms with Gasteiger partial charge in [-0.1, -0.05) is 24.3 Å². The van der Waals surface area contributed by atoms with Crippen molar-refractivity contribution in [2.45, 2.75) is 12.7 Å². The molecule has 0 amide bonds. The molecule has 0 aliphatic heterocycles. The summed E-state index contributed by atoms with van der Waals surface area (Å²) in [6.45, 7) is -1.29. The van der Waals surface area contributed by atoms with Gasteiger partial charge in [-0.3, -0.25) is 0 Å². The van der Waals surface area contributed by atoms with Gasteiger partial charge in [0.05, 0.1) is 5.56 Å². The molecule has 0 saturated heterocycles. The molecule has 0 aliphatic carbocycles. The molecule has 3 rings (SSSR count). The highest BCUT2D eigenvalue weighted by atomic mass is 19.4. The molecule has 3 nitrogen and oxygen atoms in total. The lowest BCUT2D eigenvalue weighted by Crippen LogP contribution is -2.16. The lowest BCUT2D eigenvalue weighted by Gasteiger charge is -2.10. The van der Waals surface area contributed by atoms with Gasteiger partial charge < -0.3 is 9.67 Å². The molecule has 0 aliphatic rings. The molecule has 1 N–H and O–H groups in total. The van der Waals surface area contributed by atoms with E-state index in [0.29, 0.717) is 11.1 Å². The summed E-state index contributed by atoms with van der Waals surface area (Å²) < 4.78 is 52.1. The molecule has 0 unspecified atom stereocenters. The average Bonchev–Trinajstić information content (AvgIpc) is 2.84. The predicted molar refractivity (Wildman–Crippen MR) is 80.3 cm³/mol. The Morgan fingerprint density at radius 2 is 1.67 bits per heavy atom. The zero-order valence-corrected chi connectivity index (χ0v) is 12.1. The van der Waals surface area contributed by atoms with Crippen LogP contribution in [0.2, 0.25) is 0 Å². The van der Waals surface area contributed by atoms with Gasteiger partial charge in [0.25, 0.3) is 0 Å². The van der Waals surface area contributed by atoms with Crippen LogP contribution in [0.15, 0.2) is 48.7 Å². The Morgan fingerprint density at radius 3 is 2.25 bits per heavy atom. The summed E-state index contributed by atoms with van der Waals surface area (Å²) in [7, 11) is 0. The van der Waals surface area contributed by atoms with E-state index in [-0.39, 0.29) is 16.5 Å². The topological polar surface area (TPSA) is 42.2 Å². The molecule has 7 heteroatoms. The Labute approximate surface area is 133 Å². The number of benzene rings is 2. The number of halogens is 4. The first kappa shape index (κ1) is 16.0. The Kier molecular flexibility index (Phi) is 3.79. The van der Waals surface area contributed by atoms with E-state index >= 15 is 0 Å². The van der Waals surface area contributed by atoms with Gasteiger partial charge >= 0.3 is 12.1 Å². The predicted octanol–water partition coefficient (Wildman–Crippen LogP) is 4.71. The number of rotatable bonds is 3. The van der Waals surface area contributed by atoms with Crippen LogP contribution < -0.4 is 0 Å². The Bertz CT molecular complexity index is 911. The van der Waals surface area contributed by atoms with Gasteiger partial charge in [-0.2, -0.15) is 13.2 Å². The lowest BCUT2D eigenvalue weighted by molar-refractivity contribution is -0.139. The number of aromatic carboxylic acids is 1. The van der Waals surface area contributed by atoms with E-state index in [4.69, 9.17) is 0 Å². The molecule has 2 aromatic carbocycles. The molecular formula is C17H11F4NO2. The first-order valence-electron chi connectivity index (χ1n) is 6.93. The number of carbonyl (C=O) groups is 1. The standard InChI is InChI=1S/C17H11F4NO2/c18-12-4-1-10(2-5-12)11-3-6-13-14(16(23)24)8-22(15(13)7-11)9-17(19,20)21/h1-8H,9H2,(H,23,24). The van der Waals surface area contributed by atoms with Crippen LogP contribution in [-0.4, -0.2) is 21.8 Å². The summed E-state index contributed by atoms with van der Waals surface area (Å²) >= 11 is 0. The SMILES string of the molecule is O=C(O)c1cn(CC(F)(F)F)c2cc(-c3ccc(F)cc3)ccc12. The fourth-order valence-corrected chi connectivity index (χ4v) is 2.61. The monoisotopic (exact) mass is 337 g/mol. The van der Waals surface area contributed by atoms with Crippen LogP contribution in [0, 0.1) is 5.82 Å². The minimum absolute atomic E-state index is 0.159. The van der Waals surface area contributed by atoms with Crippen LogP contribution in [0.25, 0.3) is 22.0 Å². The van der Waals surface area contributed by atoms with E-state index in [2.05, 4.69) is 0 Å². The Morgan fingerprint density at radius 1 is 1.04 bits per heavy atom. The van der Waals surface area contributed by atoms with Gasteiger partial charge in [0.2, 0.25) is 0 Å². The smallest absolute Gasteiger partial charge is 0.406 e. The van der Waals surface area contributed by atoms with Crippen molar-refractivity contribution in [1.82, 2.24) is 4.57 Å². The normalized spacial score (nSPS) is 11.8. The highest BCUT2D eigenvalue weighted by Crippen LogP contribution is 2.30. The summed E-state index contributed by atoms with van der Waals surface area (Å²) in [6.07, 6.45) is -3.50. The fraction of sp³-hybridized carbons (Fsp3) is 0.118.